The Balaban J connectivity index is 1.24. The first kappa shape index (κ1) is 21.7. The van der Waals surface area contributed by atoms with Gasteiger partial charge in [0.2, 0.25) is 5.91 Å². The number of rotatable bonds is 5. The summed E-state index contributed by atoms with van der Waals surface area (Å²) >= 11 is 2.86. The normalized spacial score (nSPS) is 20.0. The number of amides is 1. The summed E-state index contributed by atoms with van der Waals surface area (Å²) in [6.07, 6.45) is 6.27. The molecular weight excluding hydrogens is 470 g/mol. The SMILES string of the molecule is CN(CC1CCCO1)C(=O)[C@@H]1CCc2c(sc3ncnc(Nc4ccc5[nH]c(=O)sc5c4)c23)C1. The Kier molecular flexibility index (Phi) is 5.59. The Hall–Kier alpha value is -2.82. The van der Waals surface area contributed by atoms with Gasteiger partial charge in [-0.15, -0.1) is 11.3 Å². The van der Waals surface area contributed by atoms with E-state index in [1.54, 1.807) is 17.7 Å². The highest BCUT2D eigenvalue weighted by molar-refractivity contribution is 7.19. The third kappa shape index (κ3) is 3.99. The van der Waals surface area contributed by atoms with Crippen molar-refractivity contribution in [2.45, 2.75) is 38.2 Å². The Morgan fingerprint density at radius 2 is 2.21 bits per heavy atom. The lowest BCUT2D eigenvalue weighted by atomic mass is 9.87. The monoisotopic (exact) mass is 495 g/mol. The number of thiophene rings is 1. The molecule has 34 heavy (non-hydrogen) atoms. The van der Waals surface area contributed by atoms with Crippen molar-refractivity contribution in [1.82, 2.24) is 19.9 Å². The van der Waals surface area contributed by atoms with Crippen LogP contribution < -0.4 is 10.2 Å². The number of nitrogens with zero attached hydrogens (tertiary/aromatic N) is 3. The van der Waals surface area contributed by atoms with Crippen LogP contribution in [0.15, 0.2) is 29.3 Å². The molecule has 176 valence electrons. The van der Waals surface area contributed by atoms with Crippen LogP contribution in [0.25, 0.3) is 20.4 Å². The summed E-state index contributed by atoms with van der Waals surface area (Å²) in [6, 6.07) is 5.81. The number of nitrogens with one attached hydrogen (secondary N) is 2. The largest absolute Gasteiger partial charge is 0.376 e. The minimum Gasteiger partial charge on any atom is -0.376 e. The molecule has 1 aliphatic heterocycles. The Labute approximate surface area is 204 Å². The van der Waals surface area contributed by atoms with E-state index in [9.17, 15) is 9.59 Å². The molecule has 1 saturated heterocycles. The highest BCUT2D eigenvalue weighted by Gasteiger charge is 2.31. The minimum atomic E-state index is -0.0611. The van der Waals surface area contributed by atoms with Gasteiger partial charge >= 0.3 is 4.87 Å². The lowest BCUT2D eigenvalue weighted by Gasteiger charge is -2.28. The maximum Gasteiger partial charge on any atom is 0.305 e. The van der Waals surface area contributed by atoms with Gasteiger partial charge in [-0.25, -0.2) is 9.97 Å². The summed E-state index contributed by atoms with van der Waals surface area (Å²) in [5.41, 5.74) is 2.96. The molecule has 4 heterocycles. The molecule has 2 aliphatic rings. The van der Waals surface area contributed by atoms with E-state index in [4.69, 9.17) is 4.74 Å². The maximum absolute atomic E-state index is 13.1. The van der Waals surface area contributed by atoms with Crippen LogP contribution in [-0.2, 0) is 22.4 Å². The van der Waals surface area contributed by atoms with Crippen LogP contribution in [0.1, 0.15) is 29.7 Å². The zero-order valence-electron chi connectivity index (χ0n) is 18.8. The molecule has 1 aliphatic carbocycles. The van der Waals surface area contributed by atoms with Gasteiger partial charge in [-0.1, -0.05) is 11.3 Å². The van der Waals surface area contributed by atoms with Gasteiger partial charge in [-0.2, -0.15) is 0 Å². The van der Waals surface area contributed by atoms with Crippen molar-refractivity contribution in [1.29, 1.82) is 0 Å². The average molecular weight is 496 g/mol. The predicted octanol–water partition coefficient (Wildman–Crippen LogP) is 4.08. The highest BCUT2D eigenvalue weighted by Crippen LogP contribution is 2.41. The van der Waals surface area contributed by atoms with E-state index in [1.165, 1.54) is 21.8 Å². The van der Waals surface area contributed by atoms with Crippen LogP contribution in [0.3, 0.4) is 0 Å². The number of hydrogen-bond acceptors (Lipinski definition) is 8. The van der Waals surface area contributed by atoms with Crippen LogP contribution in [0.2, 0.25) is 0 Å². The number of aromatic amines is 1. The maximum atomic E-state index is 13.1. The standard InChI is InChI=1S/C24H25N5O3S2/c1-29(11-15-3-2-8-32-15)23(30)13-4-6-16-18(9-13)33-22-20(16)21(25-12-26-22)27-14-5-7-17-19(10-14)34-24(31)28-17/h5,7,10,12-13,15H,2-4,6,8-9,11H2,1H3,(H,28,31)(H,25,26,27)/t13-,15?/m1/s1. The van der Waals surface area contributed by atoms with E-state index in [1.807, 2.05) is 30.1 Å². The lowest BCUT2D eigenvalue weighted by Crippen LogP contribution is -2.39. The van der Waals surface area contributed by atoms with Gasteiger partial charge in [-0.05, 0) is 55.9 Å². The summed E-state index contributed by atoms with van der Waals surface area (Å²) in [6.45, 7) is 1.48. The number of aromatic nitrogens is 3. The number of carbonyl (C=O) groups excluding carboxylic acids is 1. The fourth-order valence-electron chi connectivity index (χ4n) is 5.07. The van der Waals surface area contributed by atoms with Crippen molar-refractivity contribution in [2.75, 3.05) is 25.5 Å². The fourth-order valence-corrected chi connectivity index (χ4v) is 7.11. The first-order valence-corrected chi connectivity index (χ1v) is 13.2. The molecule has 2 atom stereocenters. The Bertz CT molecular complexity index is 1440. The van der Waals surface area contributed by atoms with E-state index in [-0.39, 0.29) is 22.8 Å². The second kappa shape index (κ2) is 8.75. The number of thiazole rings is 1. The van der Waals surface area contributed by atoms with Crippen molar-refractivity contribution < 1.29 is 9.53 Å². The van der Waals surface area contributed by atoms with E-state index in [0.29, 0.717) is 6.54 Å². The first-order chi connectivity index (χ1) is 16.5. The van der Waals surface area contributed by atoms with Crippen LogP contribution in [0.4, 0.5) is 11.5 Å². The molecule has 4 aromatic rings. The molecule has 1 aromatic carbocycles. The van der Waals surface area contributed by atoms with Gasteiger partial charge in [-0.3, -0.25) is 9.59 Å². The summed E-state index contributed by atoms with van der Waals surface area (Å²) in [7, 11) is 1.90. The fraction of sp³-hybridized carbons (Fsp3) is 0.417. The number of likely N-dealkylation sites (N-methyl/N-ethyl adjacent to an activating group) is 1. The van der Waals surface area contributed by atoms with Crippen molar-refractivity contribution >= 4 is 60.5 Å². The van der Waals surface area contributed by atoms with Crippen molar-refractivity contribution in [2.24, 2.45) is 5.92 Å². The molecule has 10 heteroatoms. The van der Waals surface area contributed by atoms with Crippen molar-refractivity contribution in [3.8, 4) is 0 Å². The zero-order chi connectivity index (χ0) is 23.2. The van der Waals surface area contributed by atoms with E-state index < -0.39 is 0 Å². The molecule has 1 unspecified atom stereocenters. The molecule has 6 rings (SSSR count). The number of aryl methyl sites for hydroxylation is 1. The average Bonchev–Trinajstić information content (AvgIpc) is 3.55. The van der Waals surface area contributed by atoms with Gasteiger partial charge in [0.05, 0.1) is 21.7 Å². The number of ether oxygens (including phenoxy) is 1. The van der Waals surface area contributed by atoms with Crippen molar-refractivity contribution in [3.63, 3.8) is 0 Å². The number of hydrogen-bond donors (Lipinski definition) is 2. The molecule has 3 aromatic heterocycles. The lowest BCUT2D eigenvalue weighted by molar-refractivity contribution is -0.135. The second-order valence-corrected chi connectivity index (χ2v) is 11.1. The summed E-state index contributed by atoms with van der Waals surface area (Å²) in [5, 5.41) is 4.48. The minimum absolute atomic E-state index is 0.00453. The zero-order valence-corrected chi connectivity index (χ0v) is 20.4. The van der Waals surface area contributed by atoms with E-state index >= 15 is 0 Å². The van der Waals surface area contributed by atoms with Gasteiger partial charge in [0.15, 0.2) is 0 Å². The molecular formula is C24H25N5O3S2. The number of H-pyrrole nitrogens is 1. The molecule has 1 amide bonds. The highest BCUT2D eigenvalue weighted by atomic mass is 32.1. The topological polar surface area (TPSA) is 100 Å². The van der Waals surface area contributed by atoms with E-state index in [0.717, 1.165) is 70.6 Å². The van der Waals surface area contributed by atoms with Crippen molar-refractivity contribution in [3.05, 3.63) is 44.6 Å². The Morgan fingerprint density at radius 3 is 3.06 bits per heavy atom. The molecule has 8 nitrogen and oxygen atoms in total. The van der Waals surface area contributed by atoms with Gasteiger partial charge in [0, 0.05) is 36.7 Å². The van der Waals surface area contributed by atoms with Gasteiger partial charge in [0.25, 0.3) is 0 Å². The second-order valence-electron chi connectivity index (χ2n) is 9.05. The molecule has 0 spiro atoms. The van der Waals surface area contributed by atoms with Crippen LogP contribution in [0, 0.1) is 5.92 Å². The molecule has 2 N–H and O–H groups in total. The first-order valence-electron chi connectivity index (χ1n) is 11.6. The quantitative estimate of drug-likeness (QED) is 0.433. The number of benzene rings is 1. The number of anilines is 2. The summed E-state index contributed by atoms with van der Waals surface area (Å²) < 4.78 is 6.62. The smallest absolute Gasteiger partial charge is 0.305 e. The Morgan fingerprint density at radius 1 is 1.29 bits per heavy atom. The molecule has 1 fully saturated rings. The third-order valence-corrected chi connectivity index (χ3v) is 8.76. The number of carbonyl (C=O) groups is 1. The van der Waals surface area contributed by atoms with E-state index in [2.05, 4.69) is 20.3 Å². The molecule has 0 saturated carbocycles. The molecule has 0 radical (unpaired) electrons. The van der Waals surface area contributed by atoms with Gasteiger partial charge in [0.1, 0.15) is 17.0 Å². The predicted molar refractivity (Wildman–Crippen MR) is 135 cm³/mol. The van der Waals surface area contributed by atoms with Crippen LogP contribution in [0.5, 0.6) is 0 Å². The third-order valence-electron chi connectivity index (χ3n) is 6.76. The van der Waals surface area contributed by atoms with Crippen LogP contribution in [-0.4, -0.2) is 52.1 Å². The number of fused-ring (bicyclic) bond motifs is 4. The molecule has 0 bridgehead atoms. The summed E-state index contributed by atoms with van der Waals surface area (Å²) in [5.74, 6) is 0.974. The summed E-state index contributed by atoms with van der Waals surface area (Å²) in [4.78, 5) is 40.7. The van der Waals surface area contributed by atoms with Gasteiger partial charge < -0.3 is 19.9 Å². The van der Waals surface area contributed by atoms with Crippen LogP contribution >= 0.6 is 22.7 Å².